The van der Waals surface area contributed by atoms with E-state index in [1.807, 2.05) is 12.1 Å². The van der Waals surface area contributed by atoms with E-state index in [1.165, 1.54) is 0 Å². The molecule has 0 aliphatic carbocycles. The molecule has 0 saturated carbocycles. The normalized spacial score (nSPS) is 10.4. The zero-order valence-corrected chi connectivity index (χ0v) is 10.7. The zero-order chi connectivity index (χ0) is 11.5. The van der Waals surface area contributed by atoms with Crippen molar-refractivity contribution in [2.24, 2.45) is 0 Å². The van der Waals surface area contributed by atoms with Gasteiger partial charge in [0.2, 0.25) is 0 Å². The van der Waals surface area contributed by atoms with Gasteiger partial charge in [-0.05, 0) is 12.1 Å². The van der Waals surface area contributed by atoms with Crippen LogP contribution in [0.3, 0.4) is 0 Å². The Labute approximate surface area is 92.5 Å². The third kappa shape index (κ3) is 3.68. The fourth-order valence-electron chi connectivity index (χ4n) is 1.04. The van der Waals surface area contributed by atoms with Crippen LogP contribution in [-0.4, -0.2) is 15.2 Å². The Morgan fingerprint density at radius 2 is 1.93 bits per heavy atom. The second-order valence-corrected chi connectivity index (χ2v) is 9.20. The highest BCUT2D eigenvalue weighted by molar-refractivity contribution is 6.83. The zero-order valence-electron chi connectivity index (χ0n) is 9.72. The van der Waals surface area contributed by atoms with Gasteiger partial charge in [0.25, 0.3) is 0 Å². The number of anilines is 1. The first-order valence-electron chi connectivity index (χ1n) is 4.89. The molecular formula is C12H17NOSi. The van der Waals surface area contributed by atoms with E-state index in [2.05, 4.69) is 31.1 Å². The third-order valence-corrected chi connectivity index (χ3v) is 2.71. The van der Waals surface area contributed by atoms with Crippen LogP contribution in [0.4, 0.5) is 5.69 Å². The van der Waals surface area contributed by atoms with Gasteiger partial charge in [-0.2, -0.15) is 0 Å². The second kappa shape index (κ2) is 4.41. The van der Waals surface area contributed by atoms with Gasteiger partial charge in [0.05, 0.1) is 12.8 Å². The van der Waals surface area contributed by atoms with Crippen molar-refractivity contribution in [3.05, 3.63) is 23.8 Å². The number of rotatable bonds is 1. The standard InChI is InChI=1S/C12H17NOSi/c1-14-11-6-5-10(12(13)9-11)7-8-15(2,3)4/h5-6,9H,13H2,1-4H3. The summed E-state index contributed by atoms with van der Waals surface area (Å²) in [5, 5.41) is 0. The van der Waals surface area contributed by atoms with Gasteiger partial charge in [-0.1, -0.05) is 25.6 Å². The van der Waals surface area contributed by atoms with Crippen LogP contribution in [0.15, 0.2) is 18.2 Å². The molecule has 1 aromatic rings. The Morgan fingerprint density at radius 3 is 2.40 bits per heavy atom. The van der Waals surface area contributed by atoms with Gasteiger partial charge in [-0.3, -0.25) is 0 Å². The number of nitrogen functional groups attached to an aromatic ring is 1. The molecule has 0 bridgehead atoms. The molecule has 15 heavy (non-hydrogen) atoms. The highest BCUT2D eigenvalue weighted by atomic mass is 28.3. The summed E-state index contributed by atoms with van der Waals surface area (Å²) in [7, 11) is 0.294. The third-order valence-electron chi connectivity index (χ3n) is 1.83. The monoisotopic (exact) mass is 219 g/mol. The van der Waals surface area contributed by atoms with Crippen molar-refractivity contribution >= 4 is 13.8 Å². The van der Waals surface area contributed by atoms with Gasteiger partial charge in [0.1, 0.15) is 13.8 Å². The molecular weight excluding hydrogens is 202 g/mol. The highest BCUT2D eigenvalue weighted by Gasteiger charge is 2.07. The Balaban J connectivity index is 3.01. The molecule has 0 fully saturated rings. The van der Waals surface area contributed by atoms with Gasteiger partial charge in [0.15, 0.2) is 0 Å². The largest absolute Gasteiger partial charge is 0.497 e. The van der Waals surface area contributed by atoms with Gasteiger partial charge in [-0.15, -0.1) is 5.54 Å². The maximum absolute atomic E-state index is 5.86. The molecule has 0 spiro atoms. The topological polar surface area (TPSA) is 35.2 Å². The summed E-state index contributed by atoms with van der Waals surface area (Å²) in [5.74, 6) is 3.90. The molecule has 2 nitrogen and oxygen atoms in total. The van der Waals surface area contributed by atoms with Crippen LogP contribution >= 0.6 is 0 Å². The number of nitrogens with two attached hydrogens (primary N) is 1. The minimum absolute atomic E-state index is 0.681. The summed E-state index contributed by atoms with van der Waals surface area (Å²) >= 11 is 0. The van der Waals surface area contributed by atoms with Crippen molar-refractivity contribution in [3.63, 3.8) is 0 Å². The summed E-state index contributed by atoms with van der Waals surface area (Å²) in [5.41, 5.74) is 10.7. The Bertz CT molecular complexity index is 410. The van der Waals surface area contributed by atoms with E-state index in [-0.39, 0.29) is 0 Å². The SMILES string of the molecule is COc1ccc(C#C[Si](C)(C)C)c(N)c1. The molecule has 3 heteroatoms. The minimum Gasteiger partial charge on any atom is -0.497 e. The summed E-state index contributed by atoms with van der Waals surface area (Å²) < 4.78 is 5.08. The van der Waals surface area contributed by atoms with Gasteiger partial charge in [0, 0.05) is 11.6 Å². The molecule has 80 valence electrons. The van der Waals surface area contributed by atoms with E-state index < -0.39 is 8.07 Å². The van der Waals surface area contributed by atoms with E-state index in [0.29, 0.717) is 5.69 Å². The van der Waals surface area contributed by atoms with E-state index in [1.54, 1.807) is 13.2 Å². The Hall–Kier alpha value is -1.40. The minimum atomic E-state index is -1.33. The average Bonchev–Trinajstić information content (AvgIpc) is 2.14. The first-order valence-corrected chi connectivity index (χ1v) is 8.39. The molecule has 0 amide bonds. The quantitative estimate of drug-likeness (QED) is 0.447. The van der Waals surface area contributed by atoms with E-state index in [0.717, 1.165) is 11.3 Å². The smallest absolute Gasteiger partial charge is 0.129 e. The van der Waals surface area contributed by atoms with Gasteiger partial charge >= 0.3 is 0 Å². The molecule has 1 aromatic carbocycles. The predicted molar refractivity (Wildman–Crippen MR) is 67.6 cm³/mol. The lowest BCUT2D eigenvalue weighted by atomic mass is 10.2. The molecule has 2 N–H and O–H groups in total. The van der Waals surface area contributed by atoms with Gasteiger partial charge < -0.3 is 10.5 Å². The van der Waals surface area contributed by atoms with Crippen LogP contribution in [-0.2, 0) is 0 Å². The summed E-state index contributed by atoms with van der Waals surface area (Å²) in [6, 6.07) is 5.58. The van der Waals surface area contributed by atoms with Crippen molar-refractivity contribution in [1.82, 2.24) is 0 Å². The first kappa shape index (κ1) is 11.7. The molecule has 0 saturated heterocycles. The molecule has 1 rings (SSSR count). The average molecular weight is 219 g/mol. The maximum atomic E-state index is 5.86. The predicted octanol–water partition coefficient (Wildman–Crippen LogP) is 2.51. The maximum Gasteiger partial charge on any atom is 0.129 e. The van der Waals surface area contributed by atoms with Crippen LogP contribution in [0, 0.1) is 11.5 Å². The molecule has 0 radical (unpaired) electrons. The molecule has 0 unspecified atom stereocenters. The van der Waals surface area contributed by atoms with Crippen molar-refractivity contribution in [2.75, 3.05) is 12.8 Å². The molecule has 0 aliphatic rings. The van der Waals surface area contributed by atoms with E-state index in [4.69, 9.17) is 10.5 Å². The number of hydrogen-bond donors (Lipinski definition) is 1. The van der Waals surface area contributed by atoms with Gasteiger partial charge in [-0.25, -0.2) is 0 Å². The fourth-order valence-corrected chi connectivity index (χ4v) is 1.55. The van der Waals surface area contributed by atoms with Crippen molar-refractivity contribution in [2.45, 2.75) is 19.6 Å². The lowest BCUT2D eigenvalue weighted by molar-refractivity contribution is 0.415. The summed E-state index contributed by atoms with van der Waals surface area (Å²) in [4.78, 5) is 0. The lowest BCUT2D eigenvalue weighted by Gasteiger charge is -2.05. The molecule has 0 atom stereocenters. The second-order valence-electron chi connectivity index (χ2n) is 4.45. The van der Waals surface area contributed by atoms with Crippen molar-refractivity contribution in [3.8, 4) is 17.2 Å². The number of ether oxygens (including phenoxy) is 1. The molecule has 0 heterocycles. The highest BCUT2D eigenvalue weighted by Crippen LogP contribution is 2.18. The van der Waals surface area contributed by atoms with Crippen LogP contribution in [0.25, 0.3) is 0 Å². The molecule has 0 aliphatic heterocycles. The van der Waals surface area contributed by atoms with Crippen molar-refractivity contribution in [1.29, 1.82) is 0 Å². The van der Waals surface area contributed by atoms with E-state index in [9.17, 15) is 0 Å². The Morgan fingerprint density at radius 1 is 1.27 bits per heavy atom. The number of methoxy groups -OCH3 is 1. The summed E-state index contributed by atoms with van der Waals surface area (Å²) in [6.07, 6.45) is 0. The van der Waals surface area contributed by atoms with Crippen molar-refractivity contribution < 1.29 is 4.74 Å². The fraction of sp³-hybridized carbons (Fsp3) is 0.333. The first-order chi connectivity index (χ1) is 6.92. The Kier molecular flexibility index (Phi) is 3.43. The molecule has 0 aromatic heterocycles. The van der Waals surface area contributed by atoms with Crippen LogP contribution < -0.4 is 10.5 Å². The lowest BCUT2D eigenvalue weighted by Crippen LogP contribution is -2.16. The van der Waals surface area contributed by atoms with Crippen LogP contribution in [0.1, 0.15) is 5.56 Å². The number of hydrogen-bond acceptors (Lipinski definition) is 2. The summed E-state index contributed by atoms with van der Waals surface area (Å²) in [6.45, 7) is 6.62. The number of benzene rings is 1. The van der Waals surface area contributed by atoms with E-state index >= 15 is 0 Å². The van der Waals surface area contributed by atoms with Crippen LogP contribution in [0.5, 0.6) is 5.75 Å². The van der Waals surface area contributed by atoms with Crippen LogP contribution in [0.2, 0.25) is 19.6 Å².